The average molecular weight is 187 g/mol. The number of amides is 1. The van der Waals surface area contributed by atoms with Crippen LogP contribution in [0.5, 0.6) is 0 Å². The van der Waals surface area contributed by atoms with E-state index in [0.29, 0.717) is 13.0 Å². The van der Waals surface area contributed by atoms with Gasteiger partial charge in [0.25, 0.3) is 5.91 Å². The molecule has 0 unspecified atom stereocenters. The number of esters is 1. The Morgan fingerprint density at radius 2 is 2.46 bits per heavy atom. The van der Waals surface area contributed by atoms with Crippen LogP contribution in [0.1, 0.15) is 19.8 Å². The van der Waals surface area contributed by atoms with Gasteiger partial charge in [-0.25, -0.2) is 4.79 Å². The zero-order valence-electron chi connectivity index (χ0n) is 7.50. The van der Waals surface area contributed by atoms with Gasteiger partial charge >= 0.3 is 5.97 Å². The zero-order chi connectivity index (χ0) is 9.90. The van der Waals surface area contributed by atoms with E-state index in [9.17, 15) is 14.7 Å². The third-order valence-electron chi connectivity index (χ3n) is 1.99. The van der Waals surface area contributed by atoms with Crippen molar-refractivity contribution >= 4 is 11.9 Å². The molecule has 0 radical (unpaired) electrons. The van der Waals surface area contributed by atoms with Crippen molar-refractivity contribution in [3.8, 4) is 0 Å². The molecule has 1 atom stereocenters. The summed E-state index contributed by atoms with van der Waals surface area (Å²) in [4.78, 5) is 22.4. The fourth-order valence-electron chi connectivity index (χ4n) is 1.25. The number of piperidine rings is 1. The monoisotopic (exact) mass is 187 g/mol. The molecule has 13 heavy (non-hydrogen) atoms. The minimum Gasteiger partial charge on any atom is -0.463 e. The number of nitrogens with one attached hydrogen (secondary N) is 1. The average Bonchev–Trinajstić information content (AvgIpc) is 2.11. The molecule has 0 spiro atoms. The fraction of sp³-hybridized carbons (Fsp3) is 0.750. The highest BCUT2D eigenvalue weighted by molar-refractivity contribution is 6.06. The minimum absolute atomic E-state index is 0.137. The first-order chi connectivity index (χ1) is 6.11. The van der Waals surface area contributed by atoms with Crippen LogP contribution in [0, 0.1) is 0 Å². The predicted molar refractivity (Wildman–Crippen MR) is 43.8 cm³/mol. The van der Waals surface area contributed by atoms with E-state index in [1.807, 2.05) is 0 Å². The largest absolute Gasteiger partial charge is 0.463 e. The minimum atomic E-state index is -1.96. The topological polar surface area (TPSA) is 75.6 Å². The second kappa shape index (κ2) is 3.74. The number of carbonyl (C=O) groups excluding carboxylic acids is 2. The molecule has 1 amide bonds. The van der Waals surface area contributed by atoms with Crippen molar-refractivity contribution in [2.75, 3.05) is 13.2 Å². The molecule has 1 fully saturated rings. The molecule has 0 bridgehead atoms. The molecular formula is C8H13NO4. The number of carbonyl (C=O) groups is 2. The third-order valence-corrected chi connectivity index (χ3v) is 1.99. The van der Waals surface area contributed by atoms with E-state index in [0.717, 1.165) is 0 Å². The maximum atomic E-state index is 11.2. The molecule has 0 aliphatic carbocycles. The quantitative estimate of drug-likeness (QED) is 0.438. The Hall–Kier alpha value is -1.10. The van der Waals surface area contributed by atoms with Gasteiger partial charge in [0.05, 0.1) is 6.61 Å². The lowest BCUT2D eigenvalue weighted by atomic mass is 9.93. The number of hydrogen-bond donors (Lipinski definition) is 2. The molecule has 74 valence electrons. The summed E-state index contributed by atoms with van der Waals surface area (Å²) in [5.41, 5.74) is -1.96. The van der Waals surface area contributed by atoms with Gasteiger partial charge in [-0.2, -0.15) is 0 Å². The predicted octanol–water partition coefficient (Wildman–Crippen LogP) is -0.809. The van der Waals surface area contributed by atoms with Crippen molar-refractivity contribution in [3.05, 3.63) is 0 Å². The maximum absolute atomic E-state index is 11.2. The number of hydrogen-bond acceptors (Lipinski definition) is 4. The molecule has 2 N–H and O–H groups in total. The highest BCUT2D eigenvalue weighted by Crippen LogP contribution is 2.18. The molecule has 1 heterocycles. The van der Waals surface area contributed by atoms with Gasteiger partial charge in [0.1, 0.15) is 0 Å². The van der Waals surface area contributed by atoms with E-state index in [1.165, 1.54) is 0 Å². The summed E-state index contributed by atoms with van der Waals surface area (Å²) in [5, 5.41) is 12.1. The first-order valence-corrected chi connectivity index (χ1v) is 4.29. The maximum Gasteiger partial charge on any atom is 0.348 e. The van der Waals surface area contributed by atoms with E-state index < -0.39 is 17.5 Å². The van der Waals surface area contributed by atoms with Crippen molar-refractivity contribution in [1.29, 1.82) is 0 Å². The normalized spacial score (nSPS) is 28.0. The van der Waals surface area contributed by atoms with Crippen molar-refractivity contribution in [1.82, 2.24) is 5.32 Å². The first kappa shape index (κ1) is 9.98. The number of rotatable bonds is 2. The van der Waals surface area contributed by atoms with E-state index in [-0.39, 0.29) is 13.0 Å². The molecule has 0 aromatic rings. The lowest BCUT2D eigenvalue weighted by Gasteiger charge is -2.28. The Kier molecular flexibility index (Phi) is 2.87. The molecule has 0 saturated carbocycles. The summed E-state index contributed by atoms with van der Waals surface area (Å²) in [7, 11) is 0. The van der Waals surface area contributed by atoms with Crippen molar-refractivity contribution in [2.45, 2.75) is 25.4 Å². The standard InChI is InChI=1S/C8H13NO4/c1-2-13-7(11)8(12)4-3-5-9-6(8)10/h12H,2-5H2,1H3,(H,9,10)/t8-/m0/s1. The summed E-state index contributed by atoms with van der Waals surface area (Å²) >= 11 is 0. The van der Waals surface area contributed by atoms with E-state index >= 15 is 0 Å². The fourth-order valence-corrected chi connectivity index (χ4v) is 1.25. The highest BCUT2D eigenvalue weighted by Gasteiger charge is 2.46. The molecule has 5 heteroatoms. The van der Waals surface area contributed by atoms with Crippen LogP contribution < -0.4 is 5.32 Å². The SMILES string of the molecule is CCOC(=O)[C@]1(O)CCCNC1=O. The smallest absolute Gasteiger partial charge is 0.348 e. The van der Waals surface area contributed by atoms with Crippen molar-refractivity contribution in [2.24, 2.45) is 0 Å². The second-order valence-electron chi connectivity index (χ2n) is 2.94. The molecule has 5 nitrogen and oxygen atoms in total. The van der Waals surface area contributed by atoms with Gasteiger partial charge in [-0.15, -0.1) is 0 Å². The van der Waals surface area contributed by atoms with Crippen LogP contribution in [0.3, 0.4) is 0 Å². The van der Waals surface area contributed by atoms with E-state index in [1.54, 1.807) is 6.92 Å². The summed E-state index contributed by atoms with van der Waals surface area (Å²) in [6, 6.07) is 0. The number of aliphatic hydroxyl groups is 1. The molecule has 1 saturated heterocycles. The van der Waals surface area contributed by atoms with Gasteiger partial charge < -0.3 is 15.2 Å². The first-order valence-electron chi connectivity index (χ1n) is 4.29. The van der Waals surface area contributed by atoms with Gasteiger partial charge in [-0.3, -0.25) is 4.79 Å². The van der Waals surface area contributed by atoms with Gasteiger partial charge in [0.15, 0.2) is 0 Å². The van der Waals surface area contributed by atoms with Crippen LogP contribution in [0.4, 0.5) is 0 Å². The summed E-state index contributed by atoms with van der Waals surface area (Å²) in [6.45, 7) is 2.29. The lowest BCUT2D eigenvalue weighted by molar-refractivity contribution is -0.173. The van der Waals surface area contributed by atoms with E-state index in [4.69, 9.17) is 0 Å². The Morgan fingerprint density at radius 3 is 3.00 bits per heavy atom. The lowest BCUT2D eigenvalue weighted by Crippen LogP contribution is -2.56. The Morgan fingerprint density at radius 1 is 1.77 bits per heavy atom. The Bertz CT molecular complexity index is 228. The second-order valence-corrected chi connectivity index (χ2v) is 2.94. The highest BCUT2D eigenvalue weighted by atomic mass is 16.5. The van der Waals surface area contributed by atoms with Gasteiger partial charge in [-0.1, -0.05) is 0 Å². The van der Waals surface area contributed by atoms with Crippen LogP contribution in [-0.4, -0.2) is 35.7 Å². The summed E-state index contributed by atoms with van der Waals surface area (Å²) < 4.78 is 4.61. The zero-order valence-corrected chi connectivity index (χ0v) is 7.50. The number of ether oxygens (including phenoxy) is 1. The summed E-state index contributed by atoms with van der Waals surface area (Å²) in [6.07, 6.45) is 0.721. The van der Waals surface area contributed by atoms with Gasteiger partial charge in [-0.05, 0) is 19.8 Å². The Balaban J connectivity index is 2.71. The van der Waals surface area contributed by atoms with Crippen LogP contribution in [0.2, 0.25) is 0 Å². The molecule has 0 aromatic carbocycles. The van der Waals surface area contributed by atoms with Crippen LogP contribution in [0.25, 0.3) is 0 Å². The van der Waals surface area contributed by atoms with Crippen LogP contribution >= 0.6 is 0 Å². The van der Waals surface area contributed by atoms with Crippen molar-refractivity contribution < 1.29 is 19.4 Å². The van der Waals surface area contributed by atoms with Crippen LogP contribution in [-0.2, 0) is 14.3 Å². The molecule has 1 rings (SSSR count). The molecule has 1 aliphatic heterocycles. The Labute approximate surface area is 76.1 Å². The van der Waals surface area contributed by atoms with Gasteiger partial charge in [0, 0.05) is 6.54 Å². The van der Waals surface area contributed by atoms with Gasteiger partial charge in [0.2, 0.25) is 5.60 Å². The molecule has 1 aliphatic rings. The third kappa shape index (κ3) is 1.80. The summed E-state index contributed by atoms with van der Waals surface area (Å²) in [5.74, 6) is -1.51. The van der Waals surface area contributed by atoms with Crippen molar-refractivity contribution in [3.63, 3.8) is 0 Å². The van der Waals surface area contributed by atoms with E-state index in [2.05, 4.69) is 10.1 Å². The molecular weight excluding hydrogens is 174 g/mol. The van der Waals surface area contributed by atoms with Crippen LogP contribution in [0.15, 0.2) is 0 Å². The molecule has 0 aromatic heterocycles.